The third-order valence-corrected chi connectivity index (χ3v) is 4.39. The minimum atomic E-state index is -0.0929. The van der Waals surface area contributed by atoms with E-state index in [9.17, 15) is 5.11 Å². The van der Waals surface area contributed by atoms with Gasteiger partial charge < -0.3 is 9.84 Å². The van der Waals surface area contributed by atoms with E-state index < -0.39 is 0 Å². The first kappa shape index (κ1) is 18.1. The standard InChI is InChI=1S/C20H22N6O2/c1-12(2)28-15-4-5-18-16(8-15)19(25-24-18)20-21-7-6-17(23-20)14-9-22-26(10-14)13(3)11-27/h4-10,12-13,27H,11H2,1-3H3,(H,24,25). The quantitative estimate of drug-likeness (QED) is 0.534. The number of aromatic amines is 1. The lowest BCUT2D eigenvalue weighted by Crippen LogP contribution is -2.09. The summed E-state index contributed by atoms with van der Waals surface area (Å²) in [5.41, 5.74) is 3.16. The molecule has 3 aromatic heterocycles. The number of aromatic nitrogens is 6. The minimum Gasteiger partial charge on any atom is -0.491 e. The van der Waals surface area contributed by atoms with Crippen LogP contribution in [-0.4, -0.2) is 47.8 Å². The van der Waals surface area contributed by atoms with Gasteiger partial charge in [-0.2, -0.15) is 10.2 Å². The SMILES string of the molecule is CC(C)Oc1ccc2[nH]nc(-c3nccc(-c4cnn(C(C)CO)c4)n3)c2c1. The Bertz CT molecular complexity index is 1100. The van der Waals surface area contributed by atoms with Crippen LogP contribution in [0.25, 0.3) is 33.7 Å². The lowest BCUT2D eigenvalue weighted by Gasteiger charge is -2.09. The van der Waals surface area contributed by atoms with E-state index in [1.807, 2.05) is 51.2 Å². The van der Waals surface area contributed by atoms with Crippen LogP contribution >= 0.6 is 0 Å². The van der Waals surface area contributed by atoms with Crippen LogP contribution in [0, 0.1) is 0 Å². The Balaban J connectivity index is 1.72. The fourth-order valence-electron chi connectivity index (χ4n) is 2.94. The van der Waals surface area contributed by atoms with Gasteiger partial charge in [-0.05, 0) is 45.0 Å². The van der Waals surface area contributed by atoms with Gasteiger partial charge in [0.2, 0.25) is 0 Å². The Morgan fingerprint density at radius 2 is 2.07 bits per heavy atom. The van der Waals surface area contributed by atoms with Crippen molar-refractivity contribution in [2.75, 3.05) is 6.61 Å². The summed E-state index contributed by atoms with van der Waals surface area (Å²) in [4.78, 5) is 9.08. The lowest BCUT2D eigenvalue weighted by atomic mass is 10.2. The Labute approximate surface area is 162 Å². The van der Waals surface area contributed by atoms with Gasteiger partial charge in [0.05, 0.1) is 36.2 Å². The first-order chi connectivity index (χ1) is 13.5. The molecule has 28 heavy (non-hydrogen) atoms. The van der Waals surface area contributed by atoms with E-state index in [1.165, 1.54) is 0 Å². The molecule has 4 rings (SSSR count). The van der Waals surface area contributed by atoms with Crippen LogP contribution in [0.15, 0.2) is 42.9 Å². The second kappa shape index (κ2) is 7.40. The molecule has 0 aliphatic heterocycles. The number of aliphatic hydroxyl groups excluding tert-OH is 1. The number of fused-ring (bicyclic) bond motifs is 1. The van der Waals surface area contributed by atoms with Crippen LogP contribution < -0.4 is 4.74 Å². The molecule has 0 aliphatic carbocycles. The average molecular weight is 378 g/mol. The molecule has 1 atom stereocenters. The molecule has 0 bridgehead atoms. The average Bonchev–Trinajstić information content (AvgIpc) is 3.34. The maximum atomic E-state index is 9.31. The van der Waals surface area contributed by atoms with E-state index in [1.54, 1.807) is 17.1 Å². The van der Waals surface area contributed by atoms with Crippen LogP contribution in [0.1, 0.15) is 26.8 Å². The van der Waals surface area contributed by atoms with Crippen molar-refractivity contribution < 1.29 is 9.84 Å². The van der Waals surface area contributed by atoms with E-state index >= 15 is 0 Å². The summed E-state index contributed by atoms with van der Waals surface area (Å²) in [7, 11) is 0. The lowest BCUT2D eigenvalue weighted by molar-refractivity contribution is 0.230. The topological polar surface area (TPSA) is 102 Å². The van der Waals surface area contributed by atoms with Crippen LogP contribution in [0.5, 0.6) is 5.75 Å². The third-order valence-electron chi connectivity index (χ3n) is 4.39. The van der Waals surface area contributed by atoms with Gasteiger partial charge in [-0.1, -0.05) is 0 Å². The number of benzene rings is 1. The maximum Gasteiger partial charge on any atom is 0.181 e. The molecule has 0 fully saturated rings. The number of nitrogens with one attached hydrogen (secondary N) is 1. The maximum absolute atomic E-state index is 9.31. The Hall–Kier alpha value is -3.26. The summed E-state index contributed by atoms with van der Waals surface area (Å²) >= 11 is 0. The monoisotopic (exact) mass is 378 g/mol. The third kappa shape index (κ3) is 3.46. The molecule has 0 spiro atoms. The van der Waals surface area contributed by atoms with Gasteiger partial charge in [-0.15, -0.1) is 0 Å². The van der Waals surface area contributed by atoms with Crippen molar-refractivity contribution in [1.82, 2.24) is 29.9 Å². The first-order valence-electron chi connectivity index (χ1n) is 9.18. The molecule has 2 N–H and O–H groups in total. The molecule has 0 aliphatic rings. The minimum absolute atomic E-state index is 0.0240. The van der Waals surface area contributed by atoms with E-state index in [2.05, 4.69) is 25.3 Å². The predicted octanol–water partition coefficient (Wildman–Crippen LogP) is 3.22. The van der Waals surface area contributed by atoms with Gasteiger partial charge in [-0.3, -0.25) is 9.78 Å². The smallest absolute Gasteiger partial charge is 0.181 e. The number of aliphatic hydroxyl groups is 1. The Morgan fingerprint density at radius 3 is 2.86 bits per heavy atom. The molecule has 0 saturated heterocycles. The second-order valence-electron chi connectivity index (χ2n) is 6.95. The highest BCUT2D eigenvalue weighted by Gasteiger charge is 2.14. The number of nitrogens with zero attached hydrogens (tertiary/aromatic N) is 5. The van der Waals surface area contributed by atoms with Gasteiger partial charge in [0, 0.05) is 23.3 Å². The largest absolute Gasteiger partial charge is 0.491 e. The normalized spacial score (nSPS) is 12.6. The molecule has 8 heteroatoms. The highest BCUT2D eigenvalue weighted by Crippen LogP contribution is 2.29. The van der Waals surface area contributed by atoms with Gasteiger partial charge in [-0.25, -0.2) is 9.97 Å². The molecule has 0 amide bonds. The summed E-state index contributed by atoms with van der Waals surface area (Å²) in [5.74, 6) is 1.30. The predicted molar refractivity (Wildman–Crippen MR) is 106 cm³/mol. The number of hydrogen-bond donors (Lipinski definition) is 2. The van der Waals surface area contributed by atoms with Crippen molar-refractivity contribution in [2.45, 2.75) is 32.9 Å². The van der Waals surface area contributed by atoms with E-state index in [0.717, 1.165) is 27.9 Å². The summed E-state index contributed by atoms with van der Waals surface area (Å²) in [5, 5.41) is 21.9. The van der Waals surface area contributed by atoms with Crippen LogP contribution in [0.2, 0.25) is 0 Å². The van der Waals surface area contributed by atoms with E-state index in [-0.39, 0.29) is 18.8 Å². The Kier molecular flexibility index (Phi) is 4.79. The zero-order valence-electron chi connectivity index (χ0n) is 16.0. The first-order valence-corrected chi connectivity index (χ1v) is 9.18. The van der Waals surface area contributed by atoms with Crippen molar-refractivity contribution >= 4 is 10.9 Å². The zero-order valence-corrected chi connectivity index (χ0v) is 16.0. The molecule has 1 unspecified atom stereocenters. The molecule has 3 heterocycles. The summed E-state index contributed by atoms with van der Waals surface area (Å²) in [6.07, 6.45) is 5.39. The summed E-state index contributed by atoms with van der Waals surface area (Å²) in [6.45, 7) is 5.90. The van der Waals surface area contributed by atoms with Gasteiger partial charge in [0.25, 0.3) is 0 Å². The zero-order chi connectivity index (χ0) is 19.7. The van der Waals surface area contributed by atoms with Crippen molar-refractivity contribution in [3.63, 3.8) is 0 Å². The van der Waals surface area contributed by atoms with Crippen molar-refractivity contribution in [3.8, 4) is 28.5 Å². The molecule has 8 nitrogen and oxygen atoms in total. The van der Waals surface area contributed by atoms with Gasteiger partial charge in [0.15, 0.2) is 5.82 Å². The fraction of sp³-hybridized carbons (Fsp3) is 0.300. The molecule has 4 aromatic rings. The van der Waals surface area contributed by atoms with Crippen molar-refractivity contribution in [1.29, 1.82) is 0 Å². The number of hydrogen-bond acceptors (Lipinski definition) is 6. The molecular formula is C20H22N6O2. The van der Waals surface area contributed by atoms with Crippen LogP contribution in [-0.2, 0) is 0 Å². The van der Waals surface area contributed by atoms with Crippen LogP contribution in [0.4, 0.5) is 0 Å². The number of H-pyrrole nitrogens is 1. The van der Waals surface area contributed by atoms with Gasteiger partial charge in [0.1, 0.15) is 11.4 Å². The molecular weight excluding hydrogens is 356 g/mol. The van der Waals surface area contributed by atoms with E-state index in [4.69, 9.17) is 4.74 Å². The second-order valence-corrected chi connectivity index (χ2v) is 6.95. The number of ether oxygens (including phenoxy) is 1. The van der Waals surface area contributed by atoms with Crippen molar-refractivity contribution in [3.05, 3.63) is 42.9 Å². The fourth-order valence-corrected chi connectivity index (χ4v) is 2.94. The summed E-state index contributed by atoms with van der Waals surface area (Å²) in [6, 6.07) is 7.54. The highest BCUT2D eigenvalue weighted by molar-refractivity contribution is 5.92. The molecule has 0 saturated carbocycles. The molecule has 0 radical (unpaired) electrons. The Morgan fingerprint density at radius 1 is 1.21 bits per heavy atom. The molecule has 1 aromatic carbocycles. The van der Waals surface area contributed by atoms with Crippen LogP contribution in [0.3, 0.4) is 0 Å². The highest BCUT2D eigenvalue weighted by atomic mass is 16.5. The summed E-state index contributed by atoms with van der Waals surface area (Å²) < 4.78 is 7.52. The van der Waals surface area contributed by atoms with E-state index in [0.29, 0.717) is 11.5 Å². The number of rotatable bonds is 6. The van der Waals surface area contributed by atoms with Gasteiger partial charge >= 0.3 is 0 Å². The molecule has 144 valence electrons. The van der Waals surface area contributed by atoms with Crippen molar-refractivity contribution in [2.24, 2.45) is 0 Å².